The fourth-order valence-corrected chi connectivity index (χ4v) is 1.37. The number of anilines is 1. The molecule has 0 saturated heterocycles. The predicted molar refractivity (Wildman–Crippen MR) is 60.8 cm³/mol. The number of hydrogen-bond acceptors (Lipinski definition) is 2. The standard InChI is InChI=1S/C12H17NO2/c1-2-3-10-4-6-11(7-5-10)13-12(15)8-9-14/h4-7,14H,2-3,8-9H2,1H3,(H,13,15). The van der Waals surface area contributed by atoms with Gasteiger partial charge < -0.3 is 10.4 Å². The zero-order valence-corrected chi connectivity index (χ0v) is 8.99. The maximum atomic E-state index is 11.2. The number of nitrogens with one attached hydrogen (secondary N) is 1. The molecule has 0 atom stereocenters. The van der Waals surface area contributed by atoms with Crippen LogP contribution in [0.1, 0.15) is 25.3 Å². The van der Waals surface area contributed by atoms with Gasteiger partial charge in [0.05, 0.1) is 13.0 Å². The summed E-state index contributed by atoms with van der Waals surface area (Å²) in [6.07, 6.45) is 2.33. The van der Waals surface area contributed by atoms with Crippen LogP contribution in [-0.2, 0) is 11.2 Å². The van der Waals surface area contributed by atoms with Crippen molar-refractivity contribution in [2.24, 2.45) is 0 Å². The normalized spacial score (nSPS) is 10.0. The fraction of sp³-hybridized carbons (Fsp3) is 0.417. The Morgan fingerprint density at radius 1 is 1.33 bits per heavy atom. The molecule has 1 amide bonds. The molecule has 0 saturated carbocycles. The molecule has 0 heterocycles. The summed E-state index contributed by atoms with van der Waals surface area (Å²) in [5.41, 5.74) is 2.06. The van der Waals surface area contributed by atoms with Crippen LogP contribution in [-0.4, -0.2) is 17.6 Å². The van der Waals surface area contributed by atoms with Gasteiger partial charge in [0.25, 0.3) is 0 Å². The largest absolute Gasteiger partial charge is 0.396 e. The van der Waals surface area contributed by atoms with Gasteiger partial charge in [0, 0.05) is 5.69 Å². The molecule has 15 heavy (non-hydrogen) atoms. The second-order valence-corrected chi connectivity index (χ2v) is 3.47. The summed E-state index contributed by atoms with van der Waals surface area (Å²) < 4.78 is 0. The van der Waals surface area contributed by atoms with E-state index in [-0.39, 0.29) is 18.9 Å². The van der Waals surface area contributed by atoms with Crippen LogP contribution in [0.4, 0.5) is 5.69 Å². The molecule has 0 aliphatic carbocycles. The van der Waals surface area contributed by atoms with E-state index in [0.717, 1.165) is 18.5 Å². The van der Waals surface area contributed by atoms with Gasteiger partial charge in [0.2, 0.25) is 5.91 Å². The summed E-state index contributed by atoms with van der Waals surface area (Å²) >= 11 is 0. The Balaban J connectivity index is 2.52. The summed E-state index contributed by atoms with van der Waals surface area (Å²) in [6, 6.07) is 7.80. The maximum absolute atomic E-state index is 11.2. The van der Waals surface area contributed by atoms with E-state index in [4.69, 9.17) is 5.11 Å². The predicted octanol–water partition coefficient (Wildman–Crippen LogP) is 1.96. The van der Waals surface area contributed by atoms with Crippen LogP contribution in [0.3, 0.4) is 0 Å². The molecule has 0 aliphatic heterocycles. The molecule has 82 valence electrons. The van der Waals surface area contributed by atoms with Gasteiger partial charge >= 0.3 is 0 Å². The molecule has 2 N–H and O–H groups in total. The van der Waals surface area contributed by atoms with Crippen molar-refractivity contribution in [3.05, 3.63) is 29.8 Å². The smallest absolute Gasteiger partial charge is 0.226 e. The summed E-state index contributed by atoms with van der Waals surface area (Å²) in [4.78, 5) is 11.2. The number of rotatable bonds is 5. The second-order valence-electron chi connectivity index (χ2n) is 3.47. The average molecular weight is 207 g/mol. The van der Waals surface area contributed by atoms with Crippen LogP contribution in [0.25, 0.3) is 0 Å². The second kappa shape index (κ2) is 6.19. The van der Waals surface area contributed by atoms with E-state index in [9.17, 15) is 4.79 Å². The van der Waals surface area contributed by atoms with Crippen LogP contribution >= 0.6 is 0 Å². The van der Waals surface area contributed by atoms with Crippen molar-refractivity contribution >= 4 is 11.6 Å². The summed E-state index contributed by atoms with van der Waals surface area (Å²) in [5, 5.41) is 11.3. The minimum Gasteiger partial charge on any atom is -0.396 e. The van der Waals surface area contributed by atoms with Crippen molar-refractivity contribution in [2.75, 3.05) is 11.9 Å². The van der Waals surface area contributed by atoms with Gasteiger partial charge in [-0.15, -0.1) is 0 Å². The highest BCUT2D eigenvalue weighted by atomic mass is 16.3. The van der Waals surface area contributed by atoms with E-state index in [2.05, 4.69) is 12.2 Å². The zero-order chi connectivity index (χ0) is 11.1. The third-order valence-electron chi connectivity index (χ3n) is 2.12. The van der Waals surface area contributed by atoms with E-state index in [1.165, 1.54) is 5.56 Å². The van der Waals surface area contributed by atoms with Gasteiger partial charge in [-0.05, 0) is 24.1 Å². The van der Waals surface area contributed by atoms with Crippen molar-refractivity contribution in [3.63, 3.8) is 0 Å². The summed E-state index contributed by atoms with van der Waals surface area (Å²) in [6.45, 7) is 2.02. The summed E-state index contributed by atoms with van der Waals surface area (Å²) in [5.74, 6) is -0.152. The highest BCUT2D eigenvalue weighted by molar-refractivity contribution is 5.90. The van der Waals surface area contributed by atoms with Crippen LogP contribution in [0.5, 0.6) is 0 Å². The number of aliphatic hydroxyl groups is 1. The average Bonchev–Trinajstić information content (AvgIpc) is 2.22. The first-order valence-corrected chi connectivity index (χ1v) is 5.26. The Morgan fingerprint density at radius 3 is 2.53 bits per heavy atom. The molecule has 3 nitrogen and oxygen atoms in total. The van der Waals surface area contributed by atoms with E-state index in [1.807, 2.05) is 24.3 Å². The minimum absolute atomic E-state index is 0.111. The van der Waals surface area contributed by atoms with E-state index in [1.54, 1.807) is 0 Å². The molecule has 0 fully saturated rings. The van der Waals surface area contributed by atoms with Gasteiger partial charge in [0.15, 0.2) is 0 Å². The van der Waals surface area contributed by atoms with Gasteiger partial charge in [-0.25, -0.2) is 0 Å². The number of benzene rings is 1. The molecule has 1 aromatic rings. The molecule has 0 aromatic heterocycles. The fourth-order valence-electron chi connectivity index (χ4n) is 1.37. The molecule has 0 spiro atoms. The monoisotopic (exact) mass is 207 g/mol. The van der Waals surface area contributed by atoms with Crippen molar-refractivity contribution in [1.29, 1.82) is 0 Å². The van der Waals surface area contributed by atoms with Crippen LogP contribution in [0, 0.1) is 0 Å². The number of aryl methyl sites for hydroxylation is 1. The molecular weight excluding hydrogens is 190 g/mol. The Kier molecular flexibility index (Phi) is 4.84. The Bertz CT molecular complexity index is 306. The van der Waals surface area contributed by atoms with Crippen molar-refractivity contribution in [3.8, 4) is 0 Å². The lowest BCUT2D eigenvalue weighted by molar-refractivity contribution is -0.116. The molecule has 3 heteroatoms. The minimum atomic E-state index is -0.152. The first-order valence-electron chi connectivity index (χ1n) is 5.26. The summed E-state index contributed by atoms with van der Waals surface area (Å²) in [7, 11) is 0. The Morgan fingerprint density at radius 2 is 2.00 bits per heavy atom. The van der Waals surface area contributed by atoms with Crippen LogP contribution in [0.15, 0.2) is 24.3 Å². The number of amides is 1. The molecule has 0 aliphatic rings. The van der Waals surface area contributed by atoms with Crippen molar-refractivity contribution in [1.82, 2.24) is 0 Å². The van der Waals surface area contributed by atoms with Gasteiger partial charge in [-0.2, -0.15) is 0 Å². The molecule has 1 rings (SSSR count). The molecule has 1 aromatic carbocycles. The number of hydrogen-bond donors (Lipinski definition) is 2. The topological polar surface area (TPSA) is 49.3 Å². The lowest BCUT2D eigenvalue weighted by Crippen LogP contribution is -2.12. The zero-order valence-electron chi connectivity index (χ0n) is 8.99. The number of aliphatic hydroxyl groups excluding tert-OH is 1. The van der Waals surface area contributed by atoms with Gasteiger partial charge in [-0.3, -0.25) is 4.79 Å². The highest BCUT2D eigenvalue weighted by Crippen LogP contribution is 2.11. The van der Waals surface area contributed by atoms with E-state index in [0.29, 0.717) is 0 Å². The highest BCUT2D eigenvalue weighted by Gasteiger charge is 2.00. The van der Waals surface area contributed by atoms with Crippen molar-refractivity contribution < 1.29 is 9.90 Å². The maximum Gasteiger partial charge on any atom is 0.226 e. The number of carbonyl (C=O) groups is 1. The van der Waals surface area contributed by atoms with Crippen LogP contribution < -0.4 is 5.32 Å². The third-order valence-corrected chi connectivity index (χ3v) is 2.12. The van der Waals surface area contributed by atoms with Crippen LogP contribution in [0.2, 0.25) is 0 Å². The lowest BCUT2D eigenvalue weighted by Gasteiger charge is -2.05. The molecule has 0 radical (unpaired) electrons. The third kappa shape index (κ3) is 4.13. The quantitative estimate of drug-likeness (QED) is 0.775. The molecule has 0 unspecified atom stereocenters. The lowest BCUT2D eigenvalue weighted by atomic mass is 10.1. The Hall–Kier alpha value is -1.35. The van der Waals surface area contributed by atoms with E-state index < -0.39 is 0 Å². The first kappa shape index (κ1) is 11.7. The Labute approximate surface area is 90.1 Å². The SMILES string of the molecule is CCCc1ccc(NC(=O)CCO)cc1. The van der Waals surface area contributed by atoms with Crippen molar-refractivity contribution in [2.45, 2.75) is 26.2 Å². The first-order chi connectivity index (χ1) is 7.26. The molecular formula is C12H17NO2. The van der Waals surface area contributed by atoms with E-state index >= 15 is 0 Å². The molecule has 0 bridgehead atoms. The number of carbonyl (C=O) groups excluding carboxylic acids is 1. The van der Waals surface area contributed by atoms with Gasteiger partial charge in [0.1, 0.15) is 0 Å². The van der Waals surface area contributed by atoms with Gasteiger partial charge in [-0.1, -0.05) is 25.5 Å².